The summed E-state index contributed by atoms with van der Waals surface area (Å²) < 4.78 is 51.6. The third-order valence-electron chi connectivity index (χ3n) is 1.65. The van der Waals surface area contributed by atoms with Crippen LogP contribution in [0, 0.1) is 0 Å². The molecule has 0 fully saturated rings. The maximum Gasteiger partial charge on any atom is 0.573 e. The van der Waals surface area contributed by atoms with Crippen LogP contribution in [-0.4, -0.2) is 27.5 Å². The number of hydrogen-bond acceptors (Lipinski definition) is 4. The van der Waals surface area contributed by atoms with Gasteiger partial charge in [-0.05, 0) is 0 Å². The minimum absolute atomic E-state index is 0.475. The zero-order valence-corrected chi connectivity index (χ0v) is 7.95. The maximum atomic E-state index is 12.3. The second-order valence-electron chi connectivity index (χ2n) is 2.78. The summed E-state index contributed by atoms with van der Waals surface area (Å²) in [7, 11) is 0. The molecule has 0 bridgehead atoms. The molecule has 0 aliphatic carbocycles. The Morgan fingerprint density at radius 2 is 2.06 bits per heavy atom. The van der Waals surface area contributed by atoms with E-state index < -0.39 is 41.8 Å². The molecule has 0 aromatic carbocycles. The molecule has 1 aromatic heterocycles. The van der Waals surface area contributed by atoms with Crippen LogP contribution in [0.4, 0.5) is 17.6 Å². The quantitative estimate of drug-likeness (QED) is 0.806. The predicted octanol–water partition coefficient (Wildman–Crippen LogP) is 1.85. The summed E-state index contributed by atoms with van der Waals surface area (Å²) in [5, 5.41) is 17.7. The Labute approximate surface area is 91.3 Å². The van der Waals surface area contributed by atoms with Crippen molar-refractivity contribution < 1.29 is 37.3 Å². The third kappa shape index (κ3) is 2.95. The molecule has 0 saturated heterocycles. The van der Waals surface area contributed by atoms with Crippen molar-refractivity contribution >= 4 is 5.97 Å². The van der Waals surface area contributed by atoms with E-state index in [4.69, 9.17) is 10.2 Å². The summed E-state index contributed by atoms with van der Waals surface area (Å²) in [5.74, 6) is -4.41. The van der Waals surface area contributed by atoms with Gasteiger partial charge in [0.15, 0.2) is 11.5 Å². The zero-order valence-electron chi connectivity index (χ0n) is 7.95. The highest BCUT2D eigenvalue weighted by Crippen LogP contribution is 2.35. The van der Waals surface area contributed by atoms with Crippen molar-refractivity contribution in [1.29, 1.82) is 0 Å². The van der Waals surface area contributed by atoms with Gasteiger partial charge in [-0.15, -0.1) is 13.2 Å². The number of carboxylic acid groups (broad SMARTS) is 1. The number of halogens is 4. The van der Waals surface area contributed by atoms with E-state index in [1.54, 1.807) is 0 Å². The predicted molar refractivity (Wildman–Crippen MR) is 44.4 cm³/mol. The molecule has 0 atom stereocenters. The van der Waals surface area contributed by atoms with Crippen molar-refractivity contribution in [2.24, 2.45) is 0 Å². The second-order valence-corrected chi connectivity index (χ2v) is 2.78. The van der Waals surface area contributed by atoms with E-state index >= 15 is 0 Å². The van der Waals surface area contributed by atoms with Gasteiger partial charge in [0, 0.05) is 0 Å². The van der Waals surface area contributed by atoms with Crippen LogP contribution in [-0.2, 0) is 6.67 Å². The Kier molecular flexibility index (Phi) is 3.39. The number of carboxylic acids is 1. The highest BCUT2D eigenvalue weighted by molar-refractivity contribution is 5.93. The number of aromatic carboxylic acids is 1. The van der Waals surface area contributed by atoms with Gasteiger partial charge in [0.25, 0.3) is 0 Å². The molecule has 2 N–H and O–H groups in total. The number of rotatable bonds is 3. The number of hydrogen-bond donors (Lipinski definition) is 2. The van der Waals surface area contributed by atoms with Crippen LogP contribution in [0.25, 0.3) is 0 Å². The molecule has 5 nitrogen and oxygen atoms in total. The number of pyridine rings is 1. The fraction of sp³-hybridized carbons (Fsp3) is 0.250. The molecule has 94 valence electrons. The summed E-state index contributed by atoms with van der Waals surface area (Å²) >= 11 is 0. The molecule has 0 aliphatic rings. The largest absolute Gasteiger partial charge is 0.573 e. The Morgan fingerprint density at radius 1 is 1.47 bits per heavy atom. The second kappa shape index (κ2) is 4.44. The van der Waals surface area contributed by atoms with Crippen molar-refractivity contribution in [3.05, 3.63) is 17.5 Å². The third-order valence-corrected chi connectivity index (χ3v) is 1.65. The number of carbonyl (C=O) groups is 1. The normalized spacial score (nSPS) is 11.3. The van der Waals surface area contributed by atoms with Crippen LogP contribution >= 0.6 is 0 Å². The average molecular weight is 255 g/mol. The Balaban J connectivity index is 3.39. The van der Waals surface area contributed by atoms with E-state index in [0.717, 1.165) is 0 Å². The molecule has 1 heterocycles. The van der Waals surface area contributed by atoms with E-state index in [0.29, 0.717) is 6.20 Å². The first-order valence-corrected chi connectivity index (χ1v) is 4.02. The van der Waals surface area contributed by atoms with E-state index in [1.807, 2.05) is 0 Å². The lowest BCUT2D eigenvalue weighted by atomic mass is 10.1. The number of aromatic hydroxyl groups is 1. The molecule has 0 saturated carbocycles. The number of nitrogens with zero attached hydrogens (tertiary/aromatic N) is 1. The zero-order chi connectivity index (χ0) is 13.2. The summed E-state index contributed by atoms with van der Waals surface area (Å²) in [4.78, 5) is 13.8. The topological polar surface area (TPSA) is 79.7 Å². The highest BCUT2D eigenvalue weighted by atomic mass is 19.4. The lowest BCUT2D eigenvalue weighted by molar-refractivity contribution is -0.275. The molecule has 17 heavy (non-hydrogen) atoms. The first-order valence-electron chi connectivity index (χ1n) is 4.02. The van der Waals surface area contributed by atoms with E-state index in [2.05, 4.69) is 9.72 Å². The first kappa shape index (κ1) is 13.0. The van der Waals surface area contributed by atoms with Crippen LogP contribution < -0.4 is 4.74 Å². The lowest BCUT2D eigenvalue weighted by Gasteiger charge is -2.13. The molecule has 0 spiro atoms. The standard InChI is InChI=1S/C8H5F4NO4/c9-1-3-5(7(15)16)6(4(14)2-13-3)17-8(10,11)12/h2,14H,1H2,(H,15,16). The number of ether oxygens (including phenoxy) is 1. The average Bonchev–Trinajstić information content (AvgIpc) is 2.18. The lowest BCUT2D eigenvalue weighted by Crippen LogP contribution is -2.20. The van der Waals surface area contributed by atoms with Crippen LogP contribution in [0.2, 0.25) is 0 Å². The van der Waals surface area contributed by atoms with Crippen molar-refractivity contribution in [1.82, 2.24) is 4.98 Å². The van der Waals surface area contributed by atoms with E-state index in [9.17, 15) is 22.4 Å². The smallest absolute Gasteiger partial charge is 0.503 e. The molecule has 9 heteroatoms. The monoisotopic (exact) mass is 255 g/mol. The van der Waals surface area contributed by atoms with Crippen molar-refractivity contribution in [3.63, 3.8) is 0 Å². The fourth-order valence-electron chi connectivity index (χ4n) is 1.06. The minimum atomic E-state index is -5.21. The molecule has 1 aromatic rings. The fourth-order valence-corrected chi connectivity index (χ4v) is 1.06. The molecular formula is C8H5F4NO4. The summed E-state index contributed by atoms with van der Waals surface area (Å²) in [5.41, 5.74) is -1.93. The molecule has 0 amide bonds. The van der Waals surface area contributed by atoms with Crippen LogP contribution in [0.15, 0.2) is 6.20 Å². The minimum Gasteiger partial charge on any atom is -0.503 e. The van der Waals surface area contributed by atoms with Gasteiger partial charge in [0.05, 0.1) is 11.9 Å². The Bertz CT molecular complexity index is 446. The SMILES string of the molecule is O=C(O)c1c(CF)ncc(O)c1OC(F)(F)F. The highest BCUT2D eigenvalue weighted by Gasteiger charge is 2.35. The molecule has 0 unspecified atom stereocenters. The van der Waals surface area contributed by atoms with Crippen molar-refractivity contribution in [3.8, 4) is 11.5 Å². The number of aromatic nitrogens is 1. The van der Waals surface area contributed by atoms with Gasteiger partial charge in [-0.2, -0.15) is 0 Å². The van der Waals surface area contributed by atoms with Gasteiger partial charge in [-0.3, -0.25) is 4.98 Å². The van der Waals surface area contributed by atoms with Crippen LogP contribution in [0.5, 0.6) is 11.5 Å². The Morgan fingerprint density at radius 3 is 2.47 bits per heavy atom. The summed E-state index contributed by atoms with van der Waals surface area (Å²) in [6, 6.07) is 0. The van der Waals surface area contributed by atoms with Gasteiger partial charge >= 0.3 is 12.3 Å². The van der Waals surface area contributed by atoms with Crippen LogP contribution in [0.1, 0.15) is 16.1 Å². The van der Waals surface area contributed by atoms with Gasteiger partial charge in [-0.1, -0.05) is 0 Å². The van der Waals surface area contributed by atoms with Gasteiger partial charge in [0.1, 0.15) is 12.2 Å². The van der Waals surface area contributed by atoms with E-state index in [-0.39, 0.29) is 0 Å². The summed E-state index contributed by atoms with van der Waals surface area (Å²) in [6.45, 7) is -1.41. The molecule has 0 radical (unpaired) electrons. The van der Waals surface area contributed by atoms with Crippen LogP contribution in [0.3, 0.4) is 0 Å². The Hall–Kier alpha value is -2.06. The maximum absolute atomic E-state index is 12.3. The van der Waals surface area contributed by atoms with Gasteiger partial charge in [-0.25, -0.2) is 9.18 Å². The molecular weight excluding hydrogens is 250 g/mol. The first-order chi connectivity index (χ1) is 7.76. The number of alkyl halides is 4. The van der Waals surface area contributed by atoms with Crippen molar-refractivity contribution in [2.45, 2.75) is 13.0 Å². The van der Waals surface area contributed by atoms with E-state index in [1.165, 1.54) is 0 Å². The summed E-state index contributed by atoms with van der Waals surface area (Å²) in [6.07, 6.45) is -4.74. The van der Waals surface area contributed by atoms with Gasteiger partial charge < -0.3 is 14.9 Å². The molecule has 0 aliphatic heterocycles. The van der Waals surface area contributed by atoms with Crippen molar-refractivity contribution in [2.75, 3.05) is 0 Å². The molecule has 1 rings (SSSR count). The van der Waals surface area contributed by atoms with Gasteiger partial charge in [0.2, 0.25) is 0 Å².